The summed E-state index contributed by atoms with van der Waals surface area (Å²) in [6, 6.07) is 15.9. The van der Waals surface area contributed by atoms with E-state index in [1.54, 1.807) is 7.11 Å². The highest BCUT2D eigenvalue weighted by Gasteiger charge is 2.18. The van der Waals surface area contributed by atoms with Crippen LogP contribution in [0.3, 0.4) is 0 Å². The molecule has 0 fully saturated rings. The molecule has 0 aliphatic carbocycles. The molecule has 0 spiro atoms. The highest BCUT2D eigenvalue weighted by molar-refractivity contribution is 5.83. The standard InChI is InChI=1S/C19H23NO2/c1-4-17(15-8-6-5-7-9-15)19(21)20-13-16-12-14(2)10-11-18(16)22-3/h5-12,17H,4,13H2,1-3H3,(H,20,21)/t17-/m0/s1. The van der Waals surface area contributed by atoms with Gasteiger partial charge in [-0.1, -0.05) is 55.0 Å². The topological polar surface area (TPSA) is 38.3 Å². The highest BCUT2D eigenvalue weighted by atomic mass is 16.5. The Labute approximate surface area is 132 Å². The Kier molecular flexibility index (Phi) is 5.59. The van der Waals surface area contributed by atoms with E-state index in [9.17, 15) is 4.79 Å². The van der Waals surface area contributed by atoms with Crippen molar-refractivity contribution < 1.29 is 9.53 Å². The van der Waals surface area contributed by atoms with Gasteiger partial charge in [0.25, 0.3) is 0 Å². The zero-order chi connectivity index (χ0) is 15.9. The van der Waals surface area contributed by atoms with Crippen LogP contribution in [0.4, 0.5) is 0 Å². The van der Waals surface area contributed by atoms with Crippen molar-refractivity contribution >= 4 is 5.91 Å². The van der Waals surface area contributed by atoms with Crippen molar-refractivity contribution in [2.24, 2.45) is 0 Å². The molecule has 2 aromatic carbocycles. The van der Waals surface area contributed by atoms with E-state index in [1.165, 1.54) is 0 Å². The number of methoxy groups -OCH3 is 1. The van der Waals surface area contributed by atoms with Crippen LogP contribution in [-0.4, -0.2) is 13.0 Å². The van der Waals surface area contributed by atoms with Gasteiger partial charge >= 0.3 is 0 Å². The fraction of sp³-hybridized carbons (Fsp3) is 0.316. The maximum atomic E-state index is 12.5. The second kappa shape index (κ2) is 7.64. The van der Waals surface area contributed by atoms with Crippen molar-refractivity contribution in [1.29, 1.82) is 0 Å². The lowest BCUT2D eigenvalue weighted by Crippen LogP contribution is -2.28. The summed E-state index contributed by atoms with van der Waals surface area (Å²) in [4.78, 5) is 12.5. The van der Waals surface area contributed by atoms with Crippen LogP contribution in [0.25, 0.3) is 0 Å². The molecule has 1 amide bonds. The van der Waals surface area contributed by atoms with Crippen molar-refractivity contribution in [2.45, 2.75) is 32.7 Å². The van der Waals surface area contributed by atoms with Crippen LogP contribution in [0, 0.1) is 6.92 Å². The van der Waals surface area contributed by atoms with Crippen LogP contribution in [-0.2, 0) is 11.3 Å². The maximum Gasteiger partial charge on any atom is 0.227 e. The van der Waals surface area contributed by atoms with Crippen molar-refractivity contribution in [3.63, 3.8) is 0 Å². The van der Waals surface area contributed by atoms with Crippen molar-refractivity contribution in [3.05, 3.63) is 65.2 Å². The average Bonchev–Trinajstić information content (AvgIpc) is 2.55. The zero-order valence-electron chi connectivity index (χ0n) is 13.4. The lowest BCUT2D eigenvalue weighted by atomic mass is 9.95. The van der Waals surface area contributed by atoms with E-state index in [4.69, 9.17) is 4.74 Å². The Bertz CT molecular complexity index is 623. The highest BCUT2D eigenvalue weighted by Crippen LogP contribution is 2.22. The number of aryl methyl sites for hydroxylation is 1. The smallest absolute Gasteiger partial charge is 0.227 e. The third-order valence-electron chi connectivity index (χ3n) is 3.82. The first kappa shape index (κ1) is 16.1. The van der Waals surface area contributed by atoms with E-state index in [-0.39, 0.29) is 11.8 Å². The molecule has 0 radical (unpaired) electrons. The van der Waals surface area contributed by atoms with Gasteiger partial charge in [-0.15, -0.1) is 0 Å². The molecule has 1 atom stereocenters. The second-order valence-electron chi connectivity index (χ2n) is 5.40. The van der Waals surface area contributed by atoms with Gasteiger partial charge in [0.15, 0.2) is 0 Å². The molecule has 22 heavy (non-hydrogen) atoms. The van der Waals surface area contributed by atoms with E-state index in [0.717, 1.165) is 28.9 Å². The van der Waals surface area contributed by atoms with Crippen LogP contribution in [0.5, 0.6) is 5.75 Å². The minimum atomic E-state index is -0.114. The monoisotopic (exact) mass is 297 g/mol. The van der Waals surface area contributed by atoms with Gasteiger partial charge in [0.05, 0.1) is 13.0 Å². The van der Waals surface area contributed by atoms with Gasteiger partial charge < -0.3 is 10.1 Å². The number of hydrogen-bond donors (Lipinski definition) is 1. The molecule has 2 rings (SSSR count). The molecule has 0 aliphatic heterocycles. The number of carbonyl (C=O) groups is 1. The molecule has 0 saturated heterocycles. The summed E-state index contributed by atoms with van der Waals surface area (Å²) in [6.07, 6.45) is 0.779. The van der Waals surface area contributed by atoms with Gasteiger partial charge in [-0.3, -0.25) is 4.79 Å². The van der Waals surface area contributed by atoms with Gasteiger partial charge in [-0.25, -0.2) is 0 Å². The molecule has 3 heteroatoms. The molecule has 0 unspecified atom stereocenters. The number of carbonyl (C=O) groups excluding carboxylic acids is 1. The van der Waals surface area contributed by atoms with Gasteiger partial charge in [0.1, 0.15) is 5.75 Å². The van der Waals surface area contributed by atoms with Gasteiger partial charge in [-0.2, -0.15) is 0 Å². The van der Waals surface area contributed by atoms with Crippen molar-refractivity contribution in [3.8, 4) is 5.75 Å². The SMILES string of the molecule is CC[C@H](C(=O)NCc1cc(C)ccc1OC)c1ccccc1. The Balaban J connectivity index is 2.07. The number of amides is 1. The Morgan fingerprint density at radius 1 is 1.18 bits per heavy atom. The molecular formula is C19H23NO2. The lowest BCUT2D eigenvalue weighted by molar-refractivity contribution is -0.122. The summed E-state index contributed by atoms with van der Waals surface area (Å²) in [5, 5.41) is 3.03. The fourth-order valence-electron chi connectivity index (χ4n) is 2.61. The molecule has 0 saturated carbocycles. The first-order chi connectivity index (χ1) is 10.7. The third kappa shape index (κ3) is 3.88. The number of rotatable bonds is 6. The summed E-state index contributed by atoms with van der Waals surface area (Å²) >= 11 is 0. The molecule has 0 aromatic heterocycles. The Morgan fingerprint density at radius 3 is 2.55 bits per heavy atom. The van der Waals surface area contributed by atoms with Crippen LogP contribution in [0.2, 0.25) is 0 Å². The largest absolute Gasteiger partial charge is 0.496 e. The van der Waals surface area contributed by atoms with E-state index in [2.05, 4.69) is 5.32 Å². The van der Waals surface area contributed by atoms with Crippen LogP contribution in [0.1, 0.15) is 36.0 Å². The minimum absolute atomic E-state index is 0.0530. The van der Waals surface area contributed by atoms with E-state index in [1.807, 2.05) is 62.4 Å². The second-order valence-corrected chi connectivity index (χ2v) is 5.40. The minimum Gasteiger partial charge on any atom is -0.496 e. The number of ether oxygens (including phenoxy) is 1. The Hall–Kier alpha value is -2.29. The number of hydrogen-bond acceptors (Lipinski definition) is 2. The third-order valence-corrected chi connectivity index (χ3v) is 3.82. The quantitative estimate of drug-likeness (QED) is 0.880. The normalized spacial score (nSPS) is 11.8. The zero-order valence-corrected chi connectivity index (χ0v) is 13.4. The molecule has 0 heterocycles. The van der Waals surface area contributed by atoms with Gasteiger partial charge in [0, 0.05) is 12.1 Å². The summed E-state index contributed by atoms with van der Waals surface area (Å²) in [5.74, 6) is 0.743. The number of benzene rings is 2. The van der Waals surface area contributed by atoms with Crippen LogP contribution in [0.15, 0.2) is 48.5 Å². The summed E-state index contributed by atoms with van der Waals surface area (Å²) in [5.41, 5.74) is 3.21. The molecule has 0 bridgehead atoms. The summed E-state index contributed by atoms with van der Waals surface area (Å²) in [7, 11) is 1.65. The summed E-state index contributed by atoms with van der Waals surface area (Å²) < 4.78 is 5.35. The first-order valence-electron chi connectivity index (χ1n) is 7.62. The molecule has 3 nitrogen and oxygen atoms in total. The molecule has 0 aliphatic rings. The van der Waals surface area contributed by atoms with Crippen molar-refractivity contribution in [1.82, 2.24) is 5.32 Å². The van der Waals surface area contributed by atoms with E-state index in [0.29, 0.717) is 6.54 Å². The van der Waals surface area contributed by atoms with E-state index >= 15 is 0 Å². The number of nitrogens with one attached hydrogen (secondary N) is 1. The predicted molar refractivity (Wildman–Crippen MR) is 89.1 cm³/mol. The van der Waals surface area contributed by atoms with Gasteiger partial charge in [-0.05, 0) is 25.0 Å². The predicted octanol–water partition coefficient (Wildman–Crippen LogP) is 3.81. The first-order valence-corrected chi connectivity index (χ1v) is 7.62. The average molecular weight is 297 g/mol. The molecular weight excluding hydrogens is 274 g/mol. The van der Waals surface area contributed by atoms with Crippen LogP contribution < -0.4 is 10.1 Å². The van der Waals surface area contributed by atoms with Gasteiger partial charge in [0.2, 0.25) is 5.91 Å². The lowest BCUT2D eigenvalue weighted by Gasteiger charge is -2.16. The Morgan fingerprint density at radius 2 is 1.91 bits per heavy atom. The van der Waals surface area contributed by atoms with Crippen LogP contribution >= 0.6 is 0 Å². The summed E-state index contributed by atoms with van der Waals surface area (Å²) in [6.45, 7) is 4.54. The molecule has 116 valence electrons. The molecule has 1 N–H and O–H groups in total. The fourth-order valence-corrected chi connectivity index (χ4v) is 2.61. The van der Waals surface area contributed by atoms with E-state index < -0.39 is 0 Å². The van der Waals surface area contributed by atoms with Crippen molar-refractivity contribution in [2.75, 3.05) is 7.11 Å². The maximum absolute atomic E-state index is 12.5. The molecule has 2 aromatic rings.